The molecular formula is C13H10BrClFN3O. The molecular weight excluding hydrogens is 349 g/mol. The molecule has 1 amide bonds. The van der Waals surface area contributed by atoms with Gasteiger partial charge in [-0.25, -0.2) is 4.39 Å². The van der Waals surface area contributed by atoms with Gasteiger partial charge in [0.15, 0.2) is 0 Å². The Hall–Kier alpha value is -1.63. The van der Waals surface area contributed by atoms with E-state index in [1.807, 2.05) is 0 Å². The highest BCUT2D eigenvalue weighted by Crippen LogP contribution is 2.24. The normalized spacial score (nSPS) is 10.2. The third-order valence-electron chi connectivity index (χ3n) is 2.56. The summed E-state index contributed by atoms with van der Waals surface area (Å²) in [5.74, 6) is 4.28. The van der Waals surface area contributed by atoms with Gasteiger partial charge in [0.25, 0.3) is 5.91 Å². The van der Waals surface area contributed by atoms with Crippen LogP contribution in [0, 0.1) is 5.82 Å². The topological polar surface area (TPSA) is 67.1 Å². The van der Waals surface area contributed by atoms with E-state index in [4.69, 9.17) is 17.4 Å². The second-order valence-electron chi connectivity index (χ2n) is 3.91. The van der Waals surface area contributed by atoms with Crippen LogP contribution in [0.25, 0.3) is 0 Å². The zero-order chi connectivity index (χ0) is 14.7. The molecule has 2 aromatic carbocycles. The predicted molar refractivity (Wildman–Crippen MR) is 81.3 cm³/mol. The molecule has 0 aliphatic carbocycles. The minimum Gasteiger partial charge on any atom is -0.323 e. The van der Waals surface area contributed by atoms with Crippen molar-refractivity contribution in [3.63, 3.8) is 0 Å². The number of hydrogen-bond donors (Lipinski definition) is 3. The number of hydrazine groups is 1. The first-order valence-electron chi connectivity index (χ1n) is 5.54. The van der Waals surface area contributed by atoms with E-state index >= 15 is 0 Å². The first kappa shape index (κ1) is 14.8. The number of halogens is 3. The molecule has 104 valence electrons. The quantitative estimate of drug-likeness (QED) is 0.578. The molecule has 4 nitrogen and oxygen atoms in total. The lowest BCUT2D eigenvalue weighted by molar-refractivity contribution is 0.102. The van der Waals surface area contributed by atoms with Crippen molar-refractivity contribution < 1.29 is 9.18 Å². The van der Waals surface area contributed by atoms with Gasteiger partial charge in [-0.2, -0.15) is 0 Å². The number of nitrogens with one attached hydrogen (secondary N) is 2. The van der Waals surface area contributed by atoms with Crippen LogP contribution < -0.4 is 16.6 Å². The lowest BCUT2D eigenvalue weighted by atomic mass is 10.1. The number of carbonyl (C=O) groups is 1. The van der Waals surface area contributed by atoms with Crippen molar-refractivity contribution in [2.24, 2.45) is 5.84 Å². The summed E-state index contributed by atoms with van der Waals surface area (Å²) >= 11 is 9.06. The largest absolute Gasteiger partial charge is 0.323 e. The highest BCUT2D eigenvalue weighted by Gasteiger charge is 2.14. The number of carbonyl (C=O) groups excluding carboxylic acids is 1. The molecule has 0 aliphatic rings. The Balaban J connectivity index is 2.32. The molecule has 20 heavy (non-hydrogen) atoms. The van der Waals surface area contributed by atoms with Crippen molar-refractivity contribution in [2.75, 3.05) is 10.7 Å². The maximum absolute atomic E-state index is 13.6. The third kappa shape index (κ3) is 3.27. The fourth-order valence-corrected chi connectivity index (χ4v) is 2.15. The molecule has 2 rings (SSSR count). The first-order valence-corrected chi connectivity index (χ1v) is 6.71. The summed E-state index contributed by atoms with van der Waals surface area (Å²) in [6.45, 7) is 0. The molecule has 0 fully saturated rings. The van der Waals surface area contributed by atoms with Crippen LogP contribution in [0.15, 0.2) is 40.9 Å². The zero-order valence-electron chi connectivity index (χ0n) is 10.1. The summed E-state index contributed by atoms with van der Waals surface area (Å²) in [5.41, 5.74) is 3.07. The van der Waals surface area contributed by atoms with Gasteiger partial charge in [0, 0.05) is 9.50 Å². The van der Waals surface area contributed by atoms with E-state index in [2.05, 4.69) is 26.7 Å². The first-order chi connectivity index (χ1) is 9.51. The van der Waals surface area contributed by atoms with Gasteiger partial charge >= 0.3 is 0 Å². The number of nitrogens with two attached hydrogens (primary N) is 1. The van der Waals surface area contributed by atoms with Crippen LogP contribution in [0.5, 0.6) is 0 Å². The standard InChI is InChI=1S/C13H10BrClFN3O/c14-7-1-3-10(16)12(5-7)18-13(20)9-6-8(15)2-4-11(9)19-17/h1-6,19H,17H2,(H,18,20). The van der Waals surface area contributed by atoms with Crippen LogP contribution in [0.3, 0.4) is 0 Å². The van der Waals surface area contributed by atoms with Crippen LogP contribution >= 0.6 is 27.5 Å². The number of hydrogen-bond acceptors (Lipinski definition) is 3. The number of rotatable bonds is 3. The van der Waals surface area contributed by atoms with Gasteiger partial charge in [-0.05, 0) is 36.4 Å². The SMILES string of the molecule is NNc1ccc(Cl)cc1C(=O)Nc1cc(Br)ccc1F. The second-order valence-corrected chi connectivity index (χ2v) is 5.26. The van der Waals surface area contributed by atoms with Crippen molar-refractivity contribution in [1.29, 1.82) is 0 Å². The van der Waals surface area contributed by atoms with E-state index in [1.54, 1.807) is 12.1 Å². The highest BCUT2D eigenvalue weighted by atomic mass is 79.9. The zero-order valence-corrected chi connectivity index (χ0v) is 12.4. The molecule has 0 saturated heterocycles. The van der Waals surface area contributed by atoms with E-state index in [9.17, 15) is 9.18 Å². The van der Waals surface area contributed by atoms with Crippen LogP contribution in [0.4, 0.5) is 15.8 Å². The fourth-order valence-electron chi connectivity index (χ4n) is 1.61. The number of nitrogen functional groups attached to an aromatic ring is 1. The molecule has 0 saturated carbocycles. The average molecular weight is 359 g/mol. The maximum Gasteiger partial charge on any atom is 0.257 e. The van der Waals surface area contributed by atoms with Gasteiger partial charge in [0.2, 0.25) is 0 Å². The smallest absolute Gasteiger partial charge is 0.257 e. The highest BCUT2D eigenvalue weighted by molar-refractivity contribution is 9.10. The van der Waals surface area contributed by atoms with Crippen LogP contribution in [-0.4, -0.2) is 5.91 Å². The lowest BCUT2D eigenvalue weighted by Crippen LogP contribution is -2.17. The molecule has 0 atom stereocenters. The second kappa shape index (κ2) is 6.21. The maximum atomic E-state index is 13.6. The van der Waals surface area contributed by atoms with Crippen molar-refractivity contribution in [3.05, 3.63) is 57.3 Å². The van der Waals surface area contributed by atoms with E-state index in [0.29, 0.717) is 15.2 Å². The van der Waals surface area contributed by atoms with Gasteiger partial charge < -0.3 is 10.7 Å². The van der Waals surface area contributed by atoms with Crippen LogP contribution in [-0.2, 0) is 0 Å². The molecule has 7 heteroatoms. The van der Waals surface area contributed by atoms with Gasteiger partial charge in [-0.3, -0.25) is 10.6 Å². The van der Waals surface area contributed by atoms with Crippen molar-refractivity contribution in [1.82, 2.24) is 0 Å². The van der Waals surface area contributed by atoms with Gasteiger partial charge in [-0.15, -0.1) is 0 Å². The average Bonchev–Trinajstić information content (AvgIpc) is 2.42. The third-order valence-corrected chi connectivity index (χ3v) is 3.29. The van der Waals surface area contributed by atoms with Crippen molar-refractivity contribution in [2.45, 2.75) is 0 Å². The van der Waals surface area contributed by atoms with Gasteiger partial charge in [0.1, 0.15) is 5.82 Å². The monoisotopic (exact) mass is 357 g/mol. The van der Waals surface area contributed by atoms with E-state index < -0.39 is 11.7 Å². The van der Waals surface area contributed by atoms with E-state index in [1.165, 1.54) is 24.3 Å². The minimum atomic E-state index is -0.536. The Labute approximate surface area is 128 Å². The molecule has 0 aliphatic heterocycles. The minimum absolute atomic E-state index is 0.0623. The van der Waals surface area contributed by atoms with Crippen LogP contribution in [0.2, 0.25) is 5.02 Å². The van der Waals surface area contributed by atoms with Crippen molar-refractivity contribution >= 4 is 44.8 Å². The number of amides is 1. The van der Waals surface area contributed by atoms with Crippen molar-refractivity contribution in [3.8, 4) is 0 Å². The summed E-state index contributed by atoms with van der Waals surface area (Å²) in [6, 6.07) is 8.86. The fraction of sp³-hybridized carbons (Fsp3) is 0. The predicted octanol–water partition coefficient (Wildman–Crippen LogP) is 3.78. The van der Waals surface area contributed by atoms with Gasteiger partial charge in [0.05, 0.1) is 16.9 Å². The number of anilines is 2. The molecule has 2 aromatic rings. The molecule has 0 unspecified atom stereocenters. The summed E-state index contributed by atoms with van der Waals surface area (Å²) < 4.78 is 14.3. The Bertz CT molecular complexity index is 666. The molecule has 0 radical (unpaired) electrons. The molecule has 0 heterocycles. The lowest BCUT2D eigenvalue weighted by Gasteiger charge is -2.11. The number of benzene rings is 2. The summed E-state index contributed by atoms with van der Waals surface area (Å²) in [6.07, 6.45) is 0. The molecule has 4 N–H and O–H groups in total. The Morgan fingerprint density at radius 3 is 2.65 bits per heavy atom. The summed E-state index contributed by atoms with van der Waals surface area (Å²) in [7, 11) is 0. The molecule has 0 spiro atoms. The van der Waals surface area contributed by atoms with Crippen LogP contribution in [0.1, 0.15) is 10.4 Å². The Morgan fingerprint density at radius 2 is 1.95 bits per heavy atom. The Kier molecular flexibility index (Phi) is 4.59. The molecule has 0 bridgehead atoms. The van der Waals surface area contributed by atoms with E-state index in [0.717, 1.165) is 0 Å². The summed E-state index contributed by atoms with van der Waals surface area (Å²) in [4.78, 5) is 12.2. The van der Waals surface area contributed by atoms with Gasteiger partial charge in [-0.1, -0.05) is 27.5 Å². The molecule has 0 aromatic heterocycles. The summed E-state index contributed by atoms with van der Waals surface area (Å²) in [5, 5.41) is 2.85. The Morgan fingerprint density at radius 1 is 1.20 bits per heavy atom. The van der Waals surface area contributed by atoms with E-state index in [-0.39, 0.29) is 11.3 Å².